The molecule has 0 heterocycles. The molecule has 0 aromatic rings. The summed E-state index contributed by atoms with van der Waals surface area (Å²) in [6.07, 6.45) is 8.34. The fraction of sp³-hybridized carbons (Fsp3) is 1.00. The summed E-state index contributed by atoms with van der Waals surface area (Å²) < 4.78 is 38.3. The molecule has 1 unspecified atom stereocenters. The second kappa shape index (κ2) is 10.7. The summed E-state index contributed by atoms with van der Waals surface area (Å²) in [6.45, 7) is 11.6. The van der Waals surface area contributed by atoms with Crippen molar-refractivity contribution >= 4 is 10.4 Å². The van der Waals surface area contributed by atoms with Crippen LogP contribution in [0.15, 0.2) is 0 Å². The van der Waals surface area contributed by atoms with E-state index in [1.807, 2.05) is 0 Å². The minimum Gasteiger partial charge on any atom is -0.726 e. The van der Waals surface area contributed by atoms with Crippen LogP contribution in [0.4, 0.5) is 0 Å². The number of rotatable bonds is 7. The zero-order chi connectivity index (χ0) is 25.1. The van der Waals surface area contributed by atoms with Crippen molar-refractivity contribution in [1.82, 2.24) is 0 Å². The van der Waals surface area contributed by atoms with Crippen LogP contribution < -0.4 is 29.6 Å². The number of aliphatic hydroxyl groups excluding tert-OH is 1. The predicted octanol–water partition coefficient (Wildman–Crippen LogP) is 2.04. The van der Waals surface area contributed by atoms with E-state index in [9.17, 15) is 23.2 Å². The first-order chi connectivity index (χ1) is 15.7. The Morgan fingerprint density at radius 1 is 1.03 bits per heavy atom. The van der Waals surface area contributed by atoms with E-state index in [2.05, 4.69) is 34.6 Å². The number of fused-ring (bicyclic) bond motifs is 5. The van der Waals surface area contributed by atoms with Crippen LogP contribution in [0.25, 0.3) is 0 Å². The third kappa shape index (κ3) is 5.46. The van der Waals surface area contributed by atoms with E-state index in [1.54, 1.807) is 0 Å². The van der Waals surface area contributed by atoms with Crippen molar-refractivity contribution in [2.45, 2.75) is 123 Å². The molecule has 0 saturated heterocycles. The molecule has 8 heteroatoms. The van der Waals surface area contributed by atoms with Gasteiger partial charge < -0.3 is 14.8 Å². The summed E-state index contributed by atoms with van der Waals surface area (Å²) in [6, 6.07) is 0. The Hall–Kier alpha value is 0.790. The van der Waals surface area contributed by atoms with Crippen molar-refractivity contribution in [1.29, 1.82) is 0 Å². The summed E-state index contributed by atoms with van der Waals surface area (Å²) in [5.74, 6) is 3.45. The number of aliphatic hydroxyl groups is 2. The molecule has 0 aromatic heterocycles. The van der Waals surface area contributed by atoms with Gasteiger partial charge in [-0.3, -0.25) is 4.18 Å². The SMILES string of the molecule is CC(C)CCC[C@@H](C)C1CC[C@H]2[C@@H]3C[C@@H](O)[C@@]4(O)C[C@@H](OS(=O)(=O)[O-])CC[C@]4(C)[C@H]3CC[C@]12C.[Na+]. The molecule has 0 bridgehead atoms. The van der Waals surface area contributed by atoms with Gasteiger partial charge in [-0.1, -0.05) is 53.9 Å². The van der Waals surface area contributed by atoms with E-state index >= 15 is 0 Å². The molecule has 198 valence electrons. The smallest absolute Gasteiger partial charge is 0.726 e. The van der Waals surface area contributed by atoms with Crippen molar-refractivity contribution < 1.29 is 56.9 Å². The molecule has 4 aliphatic rings. The Morgan fingerprint density at radius 3 is 2.34 bits per heavy atom. The minimum atomic E-state index is -4.84. The Balaban J connectivity index is 0.00000342. The normalized spacial score (nSPS) is 46.3. The van der Waals surface area contributed by atoms with Crippen LogP contribution in [-0.4, -0.2) is 41.0 Å². The van der Waals surface area contributed by atoms with E-state index in [1.165, 1.54) is 32.1 Å². The average molecular weight is 523 g/mol. The quantitative estimate of drug-likeness (QED) is 0.301. The molecule has 0 aromatic carbocycles. The third-order valence-electron chi connectivity index (χ3n) is 11.3. The fourth-order valence-electron chi connectivity index (χ4n) is 9.52. The van der Waals surface area contributed by atoms with Crippen LogP contribution in [0.3, 0.4) is 0 Å². The Morgan fingerprint density at radius 2 is 1.71 bits per heavy atom. The van der Waals surface area contributed by atoms with Crippen molar-refractivity contribution in [2.75, 3.05) is 0 Å². The number of hydrogen-bond donors (Lipinski definition) is 2. The molecule has 6 nitrogen and oxygen atoms in total. The predicted molar refractivity (Wildman–Crippen MR) is 130 cm³/mol. The van der Waals surface area contributed by atoms with Crippen LogP contribution in [0.1, 0.15) is 105 Å². The minimum absolute atomic E-state index is 0. The average Bonchev–Trinajstić information content (AvgIpc) is 3.06. The fourth-order valence-corrected chi connectivity index (χ4v) is 10.0. The van der Waals surface area contributed by atoms with Crippen LogP contribution in [0.2, 0.25) is 0 Å². The van der Waals surface area contributed by atoms with Crippen LogP contribution in [0.5, 0.6) is 0 Å². The molecule has 0 amide bonds. The van der Waals surface area contributed by atoms with Gasteiger partial charge in [-0.15, -0.1) is 0 Å². The van der Waals surface area contributed by atoms with Crippen molar-refractivity contribution in [3.05, 3.63) is 0 Å². The molecule has 4 fully saturated rings. The van der Waals surface area contributed by atoms with Crippen molar-refractivity contribution in [3.63, 3.8) is 0 Å². The van der Waals surface area contributed by atoms with Crippen molar-refractivity contribution in [2.24, 2.45) is 46.3 Å². The van der Waals surface area contributed by atoms with Gasteiger partial charge in [0.1, 0.15) is 0 Å². The van der Waals surface area contributed by atoms with E-state index in [0.29, 0.717) is 48.3 Å². The van der Waals surface area contributed by atoms with E-state index < -0.39 is 33.6 Å². The third-order valence-corrected chi connectivity index (χ3v) is 11.8. The van der Waals surface area contributed by atoms with Crippen LogP contribution in [0, 0.1) is 46.3 Å². The Labute approximate surface area is 235 Å². The zero-order valence-corrected chi connectivity index (χ0v) is 25.6. The first-order valence-corrected chi connectivity index (χ1v) is 15.1. The molecule has 4 aliphatic carbocycles. The largest absolute Gasteiger partial charge is 1.00 e. The van der Waals surface area contributed by atoms with Gasteiger partial charge in [0.2, 0.25) is 10.4 Å². The molecule has 0 spiro atoms. The van der Waals surface area contributed by atoms with Crippen LogP contribution in [-0.2, 0) is 14.6 Å². The molecule has 0 radical (unpaired) electrons. The molecule has 4 saturated carbocycles. The molecular weight excluding hydrogens is 475 g/mol. The summed E-state index contributed by atoms with van der Waals surface area (Å²) in [5.41, 5.74) is -1.62. The van der Waals surface area contributed by atoms with Gasteiger partial charge in [0, 0.05) is 11.8 Å². The summed E-state index contributed by atoms with van der Waals surface area (Å²) in [5, 5.41) is 23.1. The van der Waals surface area contributed by atoms with Gasteiger partial charge in [-0.2, -0.15) is 0 Å². The molecule has 4 rings (SSSR count). The Bertz CT molecular complexity index is 851. The standard InChI is InChI=1S/C27H48O6S.Na/c1-17(2)7-6-8-18(3)21-9-10-22-20-15-24(28)27(29)16-19(33-34(30,31)32)11-14-26(27,5)23(20)12-13-25(21,22)4;/h17-24,28-29H,6-16H2,1-5H3,(H,30,31,32);/q;+1/p-1/t18-,19+,20+,21?,22+,23+,24-,25-,26-,27+;/m1./s1. The van der Waals surface area contributed by atoms with Gasteiger partial charge in [0.05, 0.1) is 17.8 Å². The summed E-state index contributed by atoms with van der Waals surface area (Å²) in [7, 11) is -4.84. The molecule has 2 N–H and O–H groups in total. The molecule has 0 aliphatic heterocycles. The first kappa shape index (κ1) is 30.3. The second-order valence-electron chi connectivity index (χ2n) is 13.4. The van der Waals surface area contributed by atoms with Gasteiger partial charge in [-0.05, 0) is 85.9 Å². The van der Waals surface area contributed by atoms with E-state index in [-0.39, 0.29) is 36.0 Å². The number of hydrogen-bond acceptors (Lipinski definition) is 6. The van der Waals surface area contributed by atoms with E-state index in [0.717, 1.165) is 24.7 Å². The maximum atomic E-state index is 11.8. The van der Waals surface area contributed by atoms with Gasteiger partial charge in [-0.25, -0.2) is 8.42 Å². The summed E-state index contributed by atoms with van der Waals surface area (Å²) >= 11 is 0. The zero-order valence-electron chi connectivity index (χ0n) is 22.8. The maximum Gasteiger partial charge on any atom is 1.00 e. The van der Waals surface area contributed by atoms with Crippen LogP contribution >= 0.6 is 0 Å². The maximum absolute atomic E-state index is 11.8. The van der Waals surface area contributed by atoms with Gasteiger partial charge >= 0.3 is 29.6 Å². The molecule has 35 heavy (non-hydrogen) atoms. The second-order valence-corrected chi connectivity index (χ2v) is 14.4. The summed E-state index contributed by atoms with van der Waals surface area (Å²) in [4.78, 5) is 0. The van der Waals surface area contributed by atoms with Gasteiger partial charge in [0.15, 0.2) is 0 Å². The molecule has 10 atom stereocenters. The van der Waals surface area contributed by atoms with Gasteiger partial charge in [0.25, 0.3) is 0 Å². The molecular formula is C27H47NaO6S. The van der Waals surface area contributed by atoms with Crippen molar-refractivity contribution in [3.8, 4) is 0 Å². The van der Waals surface area contributed by atoms with E-state index in [4.69, 9.17) is 4.18 Å². The first-order valence-electron chi connectivity index (χ1n) is 13.8. The monoisotopic (exact) mass is 522 g/mol. The topological polar surface area (TPSA) is 107 Å². The Kier molecular flexibility index (Phi) is 9.32.